The van der Waals surface area contributed by atoms with Crippen LogP contribution in [0.2, 0.25) is 0 Å². The van der Waals surface area contributed by atoms with E-state index < -0.39 is 12.1 Å². The lowest BCUT2D eigenvalue weighted by molar-refractivity contribution is -0.143. The highest BCUT2D eigenvalue weighted by Gasteiger charge is 2.30. The van der Waals surface area contributed by atoms with Gasteiger partial charge in [0.15, 0.2) is 6.10 Å². The number of thiazole rings is 1. The minimum Gasteiger partial charge on any atom is -0.449 e. The highest BCUT2D eigenvalue weighted by molar-refractivity contribution is 7.98. The zero-order chi connectivity index (χ0) is 20.8. The van der Waals surface area contributed by atoms with E-state index in [-0.39, 0.29) is 11.9 Å². The molecule has 7 heteroatoms. The lowest BCUT2D eigenvalue weighted by Crippen LogP contribution is -2.48. The molecule has 0 N–H and O–H groups in total. The molecule has 0 bridgehead atoms. The number of hydrogen-bond acceptors (Lipinski definition) is 6. The summed E-state index contributed by atoms with van der Waals surface area (Å²) in [6, 6.07) is 7.58. The molecule has 156 valence electrons. The lowest BCUT2D eigenvalue weighted by atomic mass is 9.99. The van der Waals surface area contributed by atoms with E-state index in [0.29, 0.717) is 5.56 Å². The first-order valence-electron chi connectivity index (χ1n) is 10.1. The van der Waals surface area contributed by atoms with E-state index in [9.17, 15) is 9.59 Å². The van der Waals surface area contributed by atoms with Crippen molar-refractivity contribution in [2.24, 2.45) is 0 Å². The minimum atomic E-state index is -0.767. The van der Waals surface area contributed by atoms with Gasteiger partial charge in [-0.2, -0.15) is 0 Å². The molecule has 0 aliphatic carbocycles. The zero-order valence-electron chi connectivity index (χ0n) is 17.2. The Morgan fingerprint density at radius 3 is 2.72 bits per heavy atom. The van der Waals surface area contributed by atoms with Crippen LogP contribution in [-0.2, 0) is 15.3 Å². The summed E-state index contributed by atoms with van der Waals surface area (Å²) < 4.78 is 5.47. The molecule has 0 spiro atoms. The molecule has 2 unspecified atom stereocenters. The van der Waals surface area contributed by atoms with Gasteiger partial charge in [0.1, 0.15) is 0 Å². The molecule has 0 saturated carbocycles. The number of benzene rings is 1. The first-order chi connectivity index (χ1) is 14.0. The SMILES string of the molecule is CCC1CCCCN1C(=O)C(C)OC(=O)c1ccc(SCc2csc(C)n2)cc1. The summed E-state index contributed by atoms with van der Waals surface area (Å²) in [6.07, 6.45) is 3.37. The quantitative estimate of drug-likeness (QED) is 0.451. The van der Waals surface area contributed by atoms with Crippen LogP contribution in [0.1, 0.15) is 60.6 Å². The third kappa shape index (κ3) is 5.82. The Morgan fingerprint density at radius 1 is 1.31 bits per heavy atom. The van der Waals surface area contributed by atoms with Gasteiger partial charge in [-0.05, 0) is 63.8 Å². The number of nitrogens with zero attached hydrogens (tertiary/aromatic N) is 2. The van der Waals surface area contributed by atoms with Crippen LogP contribution in [0.25, 0.3) is 0 Å². The van der Waals surface area contributed by atoms with Crippen molar-refractivity contribution in [1.82, 2.24) is 9.88 Å². The molecular weight excluding hydrogens is 404 g/mol. The van der Waals surface area contributed by atoms with Gasteiger partial charge in [0.05, 0.1) is 16.3 Å². The van der Waals surface area contributed by atoms with Gasteiger partial charge >= 0.3 is 5.97 Å². The smallest absolute Gasteiger partial charge is 0.338 e. The summed E-state index contributed by atoms with van der Waals surface area (Å²) in [5.74, 6) is 0.256. The predicted octanol–water partition coefficient (Wildman–Crippen LogP) is 5.08. The molecule has 1 aromatic heterocycles. The van der Waals surface area contributed by atoms with Gasteiger partial charge in [0.2, 0.25) is 0 Å². The van der Waals surface area contributed by atoms with Crippen molar-refractivity contribution >= 4 is 35.0 Å². The molecule has 5 nitrogen and oxygen atoms in total. The fourth-order valence-electron chi connectivity index (χ4n) is 3.55. The summed E-state index contributed by atoms with van der Waals surface area (Å²) in [5.41, 5.74) is 1.53. The number of hydrogen-bond donors (Lipinski definition) is 0. The number of piperidine rings is 1. The Hall–Kier alpha value is -1.86. The molecule has 2 aromatic rings. The van der Waals surface area contributed by atoms with Gasteiger partial charge in [-0.25, -0.2) is 9.78 Å². The van der Waals surface area contributed by atoms with E-state index >= 15 is 0 Å². The number of rotatable bonds is 7. The van der Waals surface area contributed by atoms with Gasteiger partial charge < -0.3 is 9.64 Å². The van der Waals surface area contributed by atoms with E-state index in [4.69, 9.17) is 4.74 Å². The van der Waals surface area contributed by atoms with E-state index in [2.05, 4.69) is 17.3 Å². The summed E-state index contributed by atoms with van der Waals surface area (Å²) >= 11 is 3.33. The summed E-state index contributed by atoms with van der Waals surface area (Å²) in [6.45, 7) is 6.52. The number of likely N-dealkylation sites (tertiary alicyclic amines) is 1. The van der Waals surface area contributed by atoms with E-state index in [0.717, 1.165) is 53.6 Å². The average molecular weight is 433 g/mol. The van der Waals surface area contributed by atoms with Crippen LogP contribution in [0.3, 0.4) is 0 Å². The number of ether oxygens (including phenoxy) is 1. The second kappa shape index (κ2) is 10.3. The number of esters is 1. The molecule has 1 aliphatic heterocycles. The number of carbonyl (C=O) groups is 2. The van der Waals surface area contributed by atoms with Gasteiger partial charge in [0.25, 0.3) is 5.91 Å². The number of amides is 1. The molecule has 2 atom stereocenters. The predicted molar refractivity (Wildman–Crippen MR) is 117 cm³/mol. The summed E-state index contributed by atoms with van der Waals surface area (Å²) in [4.78, 5) is 32.6. The fourth-order valence-corrected chi connectivity index (χ4v) is 5.06. The highest BCUT2D eigenvalue weighted by atomic mass is 32.2. The number of aryl methyl sites for hydroxylation is 1. The van der Waals surface area contributed by atoms with Crippen LogP contribution >= 0.6 is 23.1 Å². The van der Waals surface area contributed by atoms with E-state index in [1.54, 1.807) is 42.2 Å². The molecule has 1 fully saturated rings. The molecule has 0 radical (unpaired) electrons. The monoisotopic (exact) mass is 432 g/mol. The van der Waals surface area contributed by atoms with Crippen LogP contribution in [-0.4, -0.2) is 40.5 Å². The second-order valence-electron chi connectivity index (χ2n) is 7.31. The Balaban J connectivity index is 1.53. The van der Waals surface area contributed by atoms with E-state index in [1.165, 1.54) is 0 Å². The number of thioether (sulfide) groups is 1. The third-order valence-corrected chi connectivity index (χ3v) is 7.02. The maximum Gasteiger partial charge on any atom is 0.338 e. The van der Waals surface area contributed by atoms with Crippen molar-refractivity contribution in [2.75, 3.05) is 6.54 Å². The highest BCUT2D eigenvalue weighted by Crippen LogP contribution is 2.25. The number of carbonyl (C=O) groups excluding carboxylic acids is 2. The molecule has 1 amide bonds. The summed E-state index contributed by atoms with van der Waals surface area (Å²) in [7, 11) is 0. The fraction of sp³-hybridized carbons (Fsp3) is 0.500. The molecule has 3 rings (SSSR count). The molecule has 1 aromatic carbocycles. The van der Waals surface area contributed by atoms with E-state index in [1.807, 2.05) is 24.0 Å². The molecule has 29 heavy (non-hydrogen) atoms. The number of aromatic nitrogens is 1. The Labute approximate surface area is 180 Å². The van der Waals surface area contributed by atoms with Crippen LogP contribution in [0.15, 0.2) is 34.5 Å². The molecule has 1 aliphatic rings. The van der Waals surface area contributed by atoms with Gasteiger partial charge in [-0.15, -0.1) is 23.1 Å². The van der Waals surface area contributed by atoms with Gasteiger partial charge in [-0.1, -0.05) is 6.92 Å². The second-order valence-corrected chi connectivity index (χ2v) is 9.42. The molecular formula is C22H28N2O3S2. The first-order valence-corrected chi connectivity index (χ1v) is 12.0. The van der Waals surface area contributed by atoms with Gasteiger partial charge in [0, 0.05) is 28.6 Å². The Kier molecular flexibility index (Phi) is 7.72. The van der Waals surface area contributed by atoms with Crippen LogP contribution in [0.5, 0.6) is 0 Å². The third-order valence-electron chi connectivity index (χ3n) is 5.16. The van der Waals surface area contributed by atoms with Crippen molar-refractivity contribution < 1.29 is 14.3 Å². The van der Waals surface area contributed by atoms with Crippen molar-refractivity contribution in [3.05, 3.63) is 45.9 Å². The van der Waals surface area contributed by atoms with Crippen LogP contribution in [0.4, 0.5) is 0 Å². The largest absolute Gasteiger partial charge is 0.449 e. The Bertz CT molecular complexity index is 835. The maximum absolute atomic E-state index is 12.8. The van der Waals surface area contributed by atoms with Crippen molar-refractivity contribution in [2.45, 2.75) is 69.2 Å². The Morgan fingerprint density at radius 2 is 2.07 bits per heavy atom. The van der Waals surface area contributed by atoms with Crippen molar-refractivity contribution in [3.63, 3.8) is 0 Å². The normalized spacial score (nSPS) is 17.8. The maximum atomic E-state index is 12.8. The summed E-state index contributed by atoms with van der Waals surface area (Å²) in [5, 5.41) is 3.13. The van der Waals surface area contributed by atoms with Crippen LogP contribution in [0, 0.1) is 6.92 Å². The molecule has 2 heterocycles. The molecule has 1 saturated heterocycles. The topological polar surface area (TPSA) is 59.5 Å². The van der Waals surface area contributed by atoms with Gasteiger partial charge in [-0.3, -0.25) is 4.79 Å². The zero-order valence-corrected chi connectivity index (χ0v) is 18.9. The minimum absolute atomic E-state index is 0.0874. The standard InChI is InChI=1S/C22H28N2O3S2/c1-4-19-7-5-6-12-24(19)21(25)15(2)27-22(26)17-8-10-20(11-9-17)29-14-18-13-28-16(3)23-18/h8-11,13,15,19H,4-7,12,14H2,1-3H3. The lowest BCUT2D eigenvalue weighted by Gasteiger charge is -2.36. The van der Waals surface area contributed by atoms with Crippen molar-refractivity contribution in [3.8, 4) is 0 Å². The average Bonchev–Trinajstić information content (AvgIpc) is 3.17. The first kappa shape index (κ1) is 21.8. The van der Waals surface area contributed by atoms with Crippen LogP contribution < -0.4 is 0 Å². The van der Waals surface area contributed by atoms with Crippen molar-refractivity contribution in [1.29, 1.82) is 0 Å².